The van der Waals surface area contributed by atoms with Gasteiger partial charge in [0, 0.05) is 63.0 Å². The molecule has 1 aromatic carbocycles. The minimum atomic E-state index is 0.342. The Morgan fingerprint density at radius 3 is 2.61 bits per heavy atom. The van der Waals surface area contributed by atoms with Crippen LogP contribution in [0.3, 0.4) is 0 Å². The van der Waals surface area contributed by atoms with E-state index in [4.69, 9.17) is 0 Å². The smallest absolute Gasteiger partial charge is 0.222 e. The Balaban J connectivity index is 1.35. The van der Waals surface area contributed by atoms with Gasteiger partial charge in [-0.15, -0.1) is 0 Å². The van der Waals surface area contributed by atoms with E-state index in [-0.39, 0.29) is 0 Å². The highest BCUT2D eigenvalue weighted by atomic mass is 16.2. The lowest BCUT2D eigenvalue weighted by Gasteiger charge is -2.47. The molecule has 0 saturated carbocycles. The summed E-state index contributed by atoms with van der Waals surface area (Å²) in [7, 11) is 0. The normalized spacial score (nSPS) is 22.9. The Hall–Kier alpha value is -2.27. The number of piperidine rings is 2. The van der Waals surface area contributed by atoms with Gasteiger partial charge in [0.1, 0.15) is 5.82 Å². The molecule has 1 amide bonds. The zero-order valence-electron chi connectivity index (χ0n) is 16.8. The predicted octanol–water partition coefficient (Wildman–Crippen LogP) is 3.09. The summed E-state index contributed by atoms with van der Waals surface area (Å²) in [6.07, 6.45) is 8.54. The van der Waals surface area contributed by atoms with Crippen molar-refractivity contribution in [3.8, 4) is 0 Å². The van der Waals surface area contributed by atoms with Crippen LogP contribution in [0.5, 0.6) is 0 Å². The van der Waals surface area contributed by atoms with E-state index in [2.05, 4.69) is 51.0 Å². The molecule has 2 fully saturated rings. The molecule has 0 aliphatic carbocycles. The van der Waals surface area contributed by atoms with Gasteiger partial charge in [-0.05, 0) is 30.7 Å². The average Bonchev–Trinajstić information content (AvgIpc) is 2.74. The lowest BCUT2D eigenvalue weighted by Crippen LogP contribution is -2.56. The van der Waals surface area contributed by atoms with Crippen LogP contribution in [0.25, 0.3) is 0 Å². The van der Waals surface area contributed by atoms with E-state index >= 15 is 0 Å². The maximum Gasteiger partial charge on any atom is 0.222 e. The summed E-state index contributed by atoms with van der Waals surface area (Å²) >= 11 is 0. The Morgan fingerprint density at radius 1 is 1.07 bits per heavy atom. The first kappa shape index (κ1) is 19.1. The van der Waals surface area contributed by atoms with Crippen LogP contribution in [-0.4, -0.2) is 51.4 Å². The summed E-state index contributed by atoms with van der Waals surface area (Å²) in [5.41, 5.74) is 2.49. The maximum absolute atomic E-state index is 12.6. The topological polar surface area (TPSA) is 49.3 Å². The number of rotatable bonds is 6. The quantitative estimate of drug-likeness (QED) is 0.775. The van der Waals surface area contributed by atoms with Crippen LogP contribution < -0.4 is 0 Å². The van der Waals surface area contributed by atoms with Crippen molar-refractivity contribution in [1.82, 2.24) is 19.8 Å². The van der Waals surface area contributed by atoms with E-state index in [1.54, 1.807) is 0 Å². The van der Waals surface area contributed by atoms with Gasteiger partial charge in [-0.2, -0.15) is 0 Å². The van der Waals surface area contributed by atoms with Crippen LogP contribution in [0, 0.1) is 5.92 Å². The second kappa shape index (κ2) is 8.82. The van der Waals surface area contributed by atoms with Gasteiger partial charge in [-0.1, -0.05) is 37.3 Å². The maximum atomic E-state index is 12.6. The molecule has 0 bridgehead atoms. The fraction of sp³-hybridized carbons (Fsp3) is 0.522. The molecule has 2 unspecified atom stereocenters. The molecule has 2 aliphatic rings. The predicted molar refractivity (Wildman–Crippen MR) is 110 cm³/mol. The van der Waals surface area contributed by atoms with Crippen LogP contribution in [0.1, 0.15) is 43.1 Å². The first-order valence-corrected chi connectivity index (χ1v) is 10.6. The largest absolute Gasteiger partial charge is 0.339 e. The molecule has 2 saturated heterocycles. The average molecular weight is 379 g/mol. The molecular formula is C23H30N4O. The number of benzene rings is 1. The van der Waals surface area contributed by atoms with Crippen LogP contribution in [0.4, 0.5) is 0 Å². The van der Waals surface area contributed by atoms with E-state index in [0.717, 1.165) is 57.7 Å². The standard InChI is InChI=1S/C23H30N4O/c1-2-22-24-14-19(15-25-22)16-26-12-11-21-20(17-26)8-9-23(28)27(21)13-10-18-6-4-3-5-7-18/h3-7,14-15,20-21H,2,8-13,16-17H2,1H3. The monoisotopic (exact) mass is 378 g/mol. The third-order valence-corrected chi connectivity index (χ3v) is 6.19. The summed E-state index contributed by atoms with van der Waals surface area (Å²) in [5.74, 6) is 1.83. The third kappa shape index (κ3) is 4.41. The zero-order valence-corrected chi connectivity index (χ0v) is 16.8. The molecule has 3 heterocycles. The lowest BCUT2D eigenvalue weighted by molar-refractivity contribution is -0.141. The molecule has 148 valence electrons. The minimum absolute atomic E-state index is 0.342. The summed E-state index contributed by atoms with van der Waals surface area (Å²) in [5, 5.41) is 0. The first-order valence-electron chi connectivity index (χ1n) is 10.6. The van der Waals surface area contributed by atoms with E-state index in [1.165, 1.54) is 11.1 Å². The molecular weight excluding hydrogens is 348 g/mol. The number of nitrogens with zero attached hydrogens (tertiary/aromatic N) is 4. The van der Waals surface area contributed by atoms with Gasteiger partial charge >= 0.3 is 0 Å². The number of aryl methyl sites for hydroxylation is 1. The highest BCUT2D eigenvalue weighted by molar-refractivity contribution is 5.77. The third-order valence-electron chi connectivity index (χ3n) is 6.19. The van der Waals surface area contributed by atoms with E-state index in [0.29, 0.717) is 24.3 Å². The van der Waals surface area contributed by atoms with Gasteiger partial charge in [-0.25, -0.2) is 9.97 Å². The van der Waals surface area contributed by atoms with Crippen LogP contribution in [0.2, 0.25) is 0 Å². The Bertz CT molecular complexity index is 777. The van der Waals surface area contributed by atoms with E-state index < -0.39 is 0 Å². The van der Waals surface area contributed by atoms with E-state index in [1.807, 2.05) is 18.5 Å². The van der Waals surface area contributed by atoms with E-state index in [9.17, 15) is 4.79 Å². The second-order valence-corrected chi connectivity index (χ2v) is 8.07. The van der Waals surface area contributed by atoms with Crippen molar-refractivity contribution < 1.29 is 4.79 Å². The summed E-state index contributed by atoms with van der Waals surface area (Å²) in [6.45, 7) is 5.93. The highest BCUT2D eigenvalue weighted by Gasteiger charge is 2.38. The minimum Gasteiger partial charge on any atom is -0.339 e. The van der Waals surface area contributed by atoms with Crippen molar-refractivity contribution in [3.63, 3.8) is 0 Å². The number of carbonyl (C=O) groups excluding carboxylic acids is 1. The Kier molecular flexibility index (Phi) is 6.01. The molecule has 2 aromatic rings. The Morgan fingerprint density at radius 2 is 1.86 bits per heavy atom. The van der Waals surface area contributed by atoms with Crippen molar-refractivity contribution in [1.29, 1.82) is 0 Å². The molecule has 5 heteroatoms. The van der Waals surface area contributed by atoms with Gasteiger partial charge in [0.05, 0.1) is 0 Å². The molecule has 2 atom stereocenters. The molecule has 4 rings (SSSR count). The number of fused-ring (bicyclic) bond motifs is 1. The molecule has 5 nitrogen and oxygen atoms in total. The fourth-order valence-electron chi connectivity index (χ4n) is 4.66. The Labute approximate surface area is 167 Å². The molecule has 0 N–H and O–H groups in total. The van der Waals surface area contributed by atoms with Crippen LogP contribution in [-0.2, 0) is 24.2 Å². The fourth-order valence-corrected chi connectivity index (χ4v) is 4.66. The van der Waals surface area contributed by atoms with Gasteiger partial charge in [0.15, 0.2) is 0 Å². The summed E-state index contributed by atoms with van der Waals surface area (Å²) in [6, 6.07) is 10.9. The van der Waals surface area contributed by atoms with Gasteiger partial charge in [-0.3, -0.25) is 9.69 Å². The van der Waals surface area contributed by atoms with Crippen molar-refractivity contribution >= 4 is 5.91 Å². The zero-order chi connectivity index (χ0) is 19.3. The number of likely N-dealkylation sites (tertiary alicyclic amines) is 2. The van der Waals surface area contributed by atoms with Crippen molar-refractivity contribution in [2.75, 3.05) is 19.6 Å². The molecule has 2 aliphatic heterocycles. The first-order chi connectivity index (χ1) is 13.7. The summed E-state index contributed by atoms with van der Waals surface area (Å²) in [4.78, 5) is 26.1. The number of hydrogen-bond acceptors (Lipinski definition) is 4. The lowest BCUT2D eigenvalue weighted by atomic mass is 9.83. The SMILES string of the molecule is CCc1ncc(CN2CCC3C(CCC(=O)N3CCc3ccccc3)C2)cn1. The molecule has 1 aromatic heterocycles. The van der Waals surface area contributed by atoms with Gasteiger partial charge in [0.2, 0.25) is 5.91 Å². The highest BCUT2D eigenvalue weighted by Crippen LogP contribution is 2.32. The molecule has 28 heavy (non-hydrogen) atoms. The van der Waals surface area contributed by atoms with Crippen LogP contribution >= 0.6 is 0 Å². The van der Waals surface area contributed by atoms with Crippen LogP contribution in [0.15, 0.2) is 42.7 Å². The van der Waals surface area contributed by atoms with Gasteiger partial charge < -0.3 is 4.90 Å². The number of aromatic nitrogens is 2. The molecule has 0 spiro atoms. The summed E-state index contributed by atoms with van der Waals surface area (Å²) < 4.78 is 0. The number of hydrogen-bond donors (Lipinski definition) is 0. The van der Waals surface area contributed by atoms with Crippen molar-refractivity contribution in [2.45, 2.75) is 51.6 Å². The van der Waals surface area contributed by atoms with Crippen molar-refractivity contribution in [3.05, 3.63) is 59.7 Å². The molecule has 0 radical (unpaired) electrons. The number of carbonyl (C=O) groups is 1. The van der Waals surface area contributed by atoms with Crippen molar-refractivity contribution in [2.24, 2.45) is 5.92 Å². The van der Waals surface area contributed by atoms with Gasteiger partial charge in [0.25, 0.3) is 0 Å². The number of amides is 1. The second-order valence-electron chi connectivity index (χ2n) is 8.07.